The van der Waals surface area contributed by atoms with Crippen LogP contribution in [0.4, 0.5) is 0 Å². The standard InChI is InChI=1S/C13H19O4P/c1-11(18(15,16-2)17-3)13(14)10-9-12-7-5-4-6-8-12/h4-8,11H,9-10H2,1-3H3. The summed E-state index contributed by atoms with van der Waals surface area (Å²) < 4.78 is 21.7. The number of aryl methyl sites for hydroxylation is 1. The molecule has 0 aliphatic heterocycles. The lowest BCUT2D eigenvalue weighted by Gasteiger charge is -2.19. The van der Waals surface area contributed by atoms with Crippen molar-refractivity contribution in [1.29, 1.82) is 0 Å². The van der Waals surface area contributed by atoms with Gasteiger partial charge in [-0.2, -0.15) is 0 Å². The highest BCUT2D eigenvalue weighted by Crippen LogP contribution is 2.51. The monoisotopic (exact) mass is 270 g/mol. The summed E-state index contributed by atoms with van der Waals surface area (Å²) >= 11 is 0. The first-order valence-electron chi connectivity index (χ1n) is 5.81. The van der Waals surface area contributed by atoms with Gasteiger partial charge in [-0.15, -0.1) is 0 Å². The summed E-state index contributed by atoms with van der Waals surface area (Å²) in [6.45, 7) is 1.58. The van der Waals surface area contributed by atoms with Crippen molar-refractivity contribution in [2.75, 3.05) is 14.2 Å². The highest BCUT2D eigenvalue weighted by molar-refractivity contribution is 7.55. The zero-order valence-electron chi connectivity index (χ0n) is 11.0. The van der Waals surface area contributed by atoms with Crippen molar-refractivity contribution in [3.05, 3.63) is 35.9 Å². The Bertz CT molecular complexity index is 422. The van der Waals surface area contributed by atoms with Crippen molar-refractivity contribution in [3.8, 4) is 0 Å². The molecule has 1 aromatic rings. The fourth-order valence-electron chi connectivity index (χ4n) is 1.69. The van der Waals surface area contributed by atoms with Crippen molar-refractivity contribution in [2.24, 2.45) is 0 Å². The predicted octanol–water partition coefficient (Wildman–Crippen LogP) is 3.06. The van der Waals surface area contributed by atoms with E-state index in [1.54, 1.807) is 6.92 Å². The Balaban J connectivity index is 2.58. The molecule has 1 rings (SSSR count). The zero-order chi connectivity index (χ0) is 13.6. The van der Waals surface area contributed by atoms with Gasteiger partial charge >= 0.3 is 7.60 Å². The molecule has 0 fully saturated rings. The van der Waals surface area contributed by atoms with Crippen molar-refractivity contribution in [2.45, 2.75) is 25.4 Å². The van der Waals surface area contributed by atoms with Crippen molar-refractivity contribution >= 4 is 13.4 Å². The van der Waals surface area contributed by atoms with E-state index < -0.39 is 13.3 Å². The molecule has 1 unspecified atom stereocenters. The third-order valence-corrected chi connectivity index (χ3v) is 5.21. The average molecular weight is 270 g/mol. The van der Waals surface area contributed by atoms with Gasteiger partial charge in [0.2, 0.25) is 0 Å². The van der Waals surface area contributed by atoms with Crippen LogP contribution >= 0.6 is 7.60 Å². The molecule has 0 saturated heterocycles. The molecule has 0 amide bonds. The molecule has 0 radical (unpaired) electrons. The average Bonchev–Trinajstić information content (AvgIpc) is 2.44. The molecular weight excluding hydrogens is 251 g/mol. The SMILES string of the molecule is COP(=O)(OC)C(C)C(=O)CCc1ccccc1. The number of Topliss-reactive ketones (excluding diaryl/α,β-unsaturated/α-hetero) is 1. The minimum absolute atomic E-state index is 0.106. The molecular formula is C13H19O4P. The fraction of sp³-hybridized carbons (Fsp3) is 0.462. The van der Waals surface area contributed by atoms with Gasteiger partial charge < -0.3 is 9.05 Å². The molecule has 0 aliphatic carbocycles. The molecule has 0 saturated carbocycles. The van der Waals surface area contributed by atoms with E-state index in [0.29, 0.717) is 12.8 Å². The highest BCUT2D eigenvalue weighted by Gasteiger charge is 2.35. The Labute approximate surface area is 108 Å². The van der Waals surface area contributed by atoms with Crippen LogP contribution in [0.3, 0.4) is 0 Å². The second-order valence-corrected chi connectivity index (χ2v) is 6.62. The minimum Gasteiger partial charge on any atom is -0.311 e. The quantitative estimate of drug-likeness (QED) is 0.714. The zero-order valence-corrected chi connectivity index (χ0v) is 11.9. The van der Waals surface area contributed by atoms with Crippen LogP contribution in [0.15, 0.2) is 30.3 Å². The third-order valence-electron chi connectivity index (χ3n) is 2.95. The maximum Gasteiger partial charge on any atom is 0.340 e. The van der Waals surface area contributed by atoms with E-state index in [2.05, 4.69) is 0 Å². The molecule has 1 atom stereocenters. The Morgan fingerprint density at radius 1 is 1.22 bits per heavy atom. The number of benzene rings is 1. The van der Waals surface area contributed by atoms with Crippen LogP contribution in [-0.2, 0) is 24.8 Å². The van der Waals surface area contributed by atoms with E-state index in [1.807, 2.05) is 30.3 Å². The van der Waals surface area contributed by atoms with Crippen LogP contribution in [0.5, 0.6) is 0 Å². The molecule has 0 N–H and O–H groups in total. The summed E-state index contributed by atoms with van der Waals surface area (Å²) in [6, 6.07) is 9.71. The van der Waals surface area contributed by atoms with Crippen LogP contribution in [0.25, 0.3) is 0 Å². The van der Waals surface area contributed by atoms with E-state index in [9.17, 15) is 9.36 Å². The maximum atomic E-state index is 12.0. The molecule has 100 valence electrons. The largest absolute Gasteiger partial charge is 0.340 e. The van der Waals surface area contributed by atoms with Gasteiger partial charge in [0.05, 0.1) is 0 Å². The van der Waals surface area contributed by atoms with E-state index >= 15 is 0 Å². The topological polar surface area (TPSA) is 52.6 Å². The van der Waals surface area contributed by atoms with Gasteiger partial charge in [-0.25, -0.2) is 0 Å². The smallest absolute Gasteiger partial charge is 0.311 e. The van der Waals surface area contributed by atoms with Crippen LogP contribution in [0.2, 0.25) is 0 Å². The minimum atomic E-state index is -3.30. The molecule has 0 aromatic heterocycles. The number of ketones is 1. The Morgan fingerprint density at radius 3 is 2.28 bits per heavy atom. The van der Waals surface area contributed by atoms with Crippen molar-refractivity contribution < 1.29 is 18.4 Å². The normalized spacial score (nSPS) is 13.3. The van der Waals surface area contributed by atoms with Gasteiger partial charge in [0.1, 0.15) is 11.4 Å². The summed E-state index contributed by atoms with van der Waals surface area (Å²) in [7, 11) is -0.705. The summed E-state index contributed by atoms with van der Waals surface area (Å²) in [5.41, 5.74) is 0.360. The van der Waals surface area contributed by atoms with Crippen molar-refractivity contribution in [1.82, 2.24) is 0 Å². The van der Waals surface area contributed by atoms with E-state index in [0.717, 1.165) is 5.56 Å². The van der Waals surface area contributed by atoms with Gasteiger partial charge in [-0.05, 0) is 18.9 Å². The molecule has 0 aliphatic rings. The Hall–Kier alpha value is -0.960. The number of rotatable bonds is 7. The lowest BCUT2D eigenvalue weighted by atomic mass is 10.1. The summed E-state index contributed by atoms with van der Waals surface area (Å²) in [6.07, 6.45) is 0.972. The number of hydrogen-bond donors (Lipinski definition) is 0. The first-order valence-corrected chi connectivity index (χ1v) is 7.42. The lowest BCUT2D eigenvalue weighted by Crippen LogP contribution is -2.19. The fourth-order valence-corrected chi connectivity index (χ4v) is 2.95. The first kappa shape index (κ1) is 15.1. The number of hydrogen-bond acceptors (Lipinski definition) is 4. The predicted molar refractivity (Wildman–Crippen MR) is 70.9 cm³/mol. The third kappa shape index (κ3) is 3.77. The van der Waals surface area contributed by atoms with Gasteiger partial charge in [0.25, 0.3) is 0 Å². The highest BCUT2D eigenvalue weighted by atomic mass is 31.2. The van der Waals surface area contributed by atoms with Gasteiger partial charge in [-0.1, -0.05) is 30.3 Å². The summed E-state index contributed by atoms with van der Waals surface area (Å²) in [4.78, 5) is 11.9. The molecule has 0 spiro atoms. The molecule has 0 bridgehead atoms. The lowest BCUT2D eigenvalue weighted by molar-refractivity contribution is -0.118. The van der Waals surface area contributed by atoms with E-state index in [1.165, 1.54) is 14.2 Å². The summed E-state index contributed by atoms with van der Waals surface area (Å²) in [5.74, 6) is -0.106. The van der Waals surface area contributed by atoms with Gasteiger partial charge in [0, 0.05) is 20.6 Å². The summed E-state index contributed by atoms with van der Waals surface area (Å²) in [5, 5.41) is 0. The Kier molecular flexibility index (Phi) is 5.73. The molecule has 4 nitrogen and oxygen atoms in total. The molecule has 18 heavy (non-hydrogen) atoms. The number of carbonyl (C=O) groups is 1. The molecule has 1 aromatic carbocycles. The first-order chi connectivity index (χ1) is 8.53. The second kappa shape index (κ2) is 6.83. The second-order valence-electron chi connectivity index (χ2n) is 4.03. The van der Waals surface area contributed by atoms with Gasteiger partial charge in [-0.3, -0.25) is 9.36 Å². The maximum absolute atomic E-state index is 12.0. The van der Waals surface area contributed by atoms with Crippen LogP contribution < -0.4 is 0 Å². The van der Waals surface area contributed by atoms with Crippen LogP contribution in [0, 0.1) is 0 Å². The number of carbonyl (C=O) groups excluding carboxylic acids is 1. The Morgan fingerprint density at radius 2 is 1.78 bits per heavy atom. The van der Waals surface area contributed by atoms with E-state index in [4.69, 9.17) is 9.05 Å². The molecule has 5 heteroatoms. The van der Waals surface area contributed by atoms with E-state index in [-0.39, 0.29) is 5.78 Å². The van der Waals surface area contributed by atoms with Crippen LogP contribution in [0.1, 0.15) is 18.9 Å². The molecule has 0 heterocycles. The van der Waals surface area contributed by atoms with Gasteiger partial charge in [0.15, 0.2) is 0 Å². The van der Waals surface area contributed by atoms with Crippen LogP contribution in [-0.4, -0.2) is 25.7 Å². The van der Waals surface area contributed by atoms with Crippen molar-refractivity contribution in [3.63, 3.8) is 0 Å².